The molecule has 6 nitrogen and oxygen atoms in total. The van der Waals surface area contributed by atoms with E-state index in [-0.39, 0.29) is 17.7 Å². The van der Waals surface area contributed by atoms with Gasteiger partial charge in [0.15, 0.2) is 0 Å². The van der Waals surface area contributed by atoms with E-state index in [0.717, 1.165) is 44.8 Å². The van der Waals surface area contributed by atoms with Crippen molar-refractivity contribution in [2.24, 2.45) is 4.99 Å². The zero-order chi connectivity index (χ0) is 37.9. The Balaban J connectivity index is 0.00000136. The van der Waals surface area contributed by atoms with Crippen LogP contribution in [0.1, 0.15) is 23.1 Å². The molecule has 1 unspecified atom stereocenters. The van der Waals surface area contributed by atoms with E-state index in [9.17, 15) is 8.78 Å². The van der Waals surface area contributed by atoms with Crippen molar-refractivity contribution in [3.05, 3.63) is 161 Å². The number of hydrogen-bond acceptors (Lipinski definition) is 6. The first-order valence-electron chi connectivity index (χ1n) is 15.9. The topological polar surface area (TPSA) is 108 Å². The van der Waals surface area contributed by atoms with Crippen molar-refractivity contribution in [2.45, 2.75) is 12.5 Å². The van der Waals surface area contributed by atoms with Gasteiger partial charge in [-0.2, -0.15) is 0 Å². The molecule has 0 aromatic heterocycles. The molecule has 0 bridgehead atoms. The summed E-state index contributed by atoms with van der Waals surface area (Å²) in [5, 5.41) is 0. The van der Waals surface area contributed by atoms with Crippen LogP contribution in [0, 0.1) is 21.9 Å². The molecule has 1 aliphatic carbocycles. The molecule has 0 saturated heterocycles. The minimum Gasteiger partial charge on any atom is -0.369 e. The molecule has 52 heavy (non-hydrogen) atoms. The van der Waals surface area contributed by atoms with Gasteiger partial charge in [0.25, 0.3) is 0 Å². The lowest BCUT2D eigenvalue weighted by atomic mass is 9.95. The summed E-state index contributed by atoms with van der Waals surface area (Å²) in [6.45, 7) is 1.39. The molecule has 0 amide bonds. The third kappa shape index (κ3) is 15.4. The van der Waals surface area contributed by atoms with Gasteiger partial charge in [0.05, 0.1) is 11.8 Å². The van der Waals surface area contributed by atoms with Crippen molar-refractivity contribution < 1.29 is 37.7 Å². The fourth-order valence-corrected chi connectivity index (χ4v) is 5.89. The first-order chi connectivity index (χ1) is 24.9. The van der Waals surface area contributed by atoms with Gasteiger partial charge in [-0.15, -0.1) is 56.6 Å². The maximum Gasteiger partial charge on any atom is 0.123 e. The fourth-order valence-electron chi connectivity index (χ4n) is 5.01. The van der Waals surface area contributed by atoms with Crippen molar-refractivity contribution in [1.29, 1.82) is 0 Å². The monoisotopic (exact) mass is 809 g/mol. The number of benzene rings is 3. The lowest BCUT2D eigenvalue weighted by Gasteiger charge is -2.23. The standard InChI is InChI=1S/C39H36Cl4F2N2.ClHO4/c40-23-22-36(28-43)46-35-18-10-31(11-19-35)38(29-6-14-33(44)15-7-29)4-2-1-3-5-39(30-8-16-34(45)17-9-30)32-12-20-37(21-13-32)47(26-24-41)27-25-42;2-1(3,4)5/h1-21,36H,22-28H2;(H,2,3,4,5)/p-1. The first kappa shape index (κ1) is 43.1. The number of hydrogen-bond donors (Lipinski definition) is 0. The third-order valence-electron chi connectivity index (χ3n) is 7.44. The molecule has 1 aliphatic rings. The molecule has 0 spiro atoms. The van der Waals surface area contributed by atoms with Crippen LogP contribution in [0.5, 0.6) is 0 Å². The normalized spacial score (nSPS) is 13.8. The van der Waals surface area contributed by atoms with E-state index in [0.29, 0.717) is 43.0 Å². The molecule has 276 valence electrons. The van der Waals surface area contributed by atoms with Gasteiger partial charge in [-0.25, -0.2) is 27.4 Å². The zero-order valence-corrected chi connectivity index (χ0v) is 31.6. The summed E-state index contributed by atoms with van der Waals surface area (Å²) in [5.41, 5.74) is 7.42. The van der Waals surface area contributed by atoms with E-state index in [1.54, 1.807) is 24.3 Å². The summed E-state index contributed by atoms with van der Waals surface area (Å²) >= 11 is 24.0. The van der Waals surface area contributed by atoms with Crippen LogP contribution in [0.4, 0.5) is 14.5 Å². The molecule has 3 aromatic carbocycles. The summed E-state index contributed by atoms with van der Waals surface area (Å²) in [5.74, 6) is 1.32. The Morgan fingerprint density at radius 1 is 0.673 bits per heavy atom. The number of allylic oxidation sites excluding steroid dienone is 11. The van der Waals surface area contributed by atoms with E-state index < -0.39 is 10.2 Å². The van der Waals surface area contributed by atoms with Crippen LogP contribution in [0.25, 0.3) is 11.1 Å². The van der Waals surface area contributed by atoms with Crippen LogP contribution < -0.4 is 23.5 Å². The highest BCUT2D eigenvalue weighted by Crippen LogP contribution is 2.28. The molecule has 0 saturated carbocycles. The highest BCUT2D eigenvalue weighted by molar-refractivity contribution is 6.19. The number of anilines is 1. The number of alkyl halides is 4. The summed E-state index contributed by atoms with van der Waals surface area (Å²) < 4.78 is 61.5. The van der Waals surface area contributed by atoms with Gasteiger partial charge >= 0.3 is 0 Å². The van der Waals surface area contributed by atoms with E-state index >= 15 is 0 Å². The average Bonchev–Trinajstić information content (AvgIpc) is 3.12. The number of rotatable bonds is 15. The second kappa shape index (κ2) is 22.7. The van der Waals surface area contributed by atoms with Crippen molar-refractivity contribution in [1.82, 2.24) is 0 Å². The van der Waals surface area contributed by atoms with Crippen molar-refractivity contribution >= 4 is 68.9 Å². The summed E-state index contributed by atoms with van der Waals surface area (Å²) in [6, 6.07) is 21.0. The Morgan fingerprint density at radius 2 is 1.17 bits per heavy atom. The summed E-state index contributed by atoms with van der Waals surface area (Å²) in [6.07, 6.45) is 18.4. The highest BCUT2D eigenvalue weighted by Gasteiger charge is 2.11. The molecule has 0 radical (unpaired) electrons. The minimum absolute atomic E-state index is 0.0436. The summed E-state index contributed by atoms with van der Waals surface area (Å²) in [7, 11) is -4.94. The second-order valence-corrected chi connectivity index (χ2v) is 13.2. The Bertz CT molecular complexity index is 1740. The van der Waals surface area contributed by atoms with E-state index in [1.165, 1.54) is 24.3 Å². The molecular weight excluding hydrogens is 776 g/mol. The predicted octanol–water partition coefficient (Wildman–Crippen LogP) is 6.29. The minimum atomic E-state index is -4.94. The van der Waals surface area contributed by atoms with E-state index in [2.05, 4.69) is 4.90 Å². The van der Waals surface area contributed by atoms with Crippen LogP contribution >= 0.6 is 46.4 Å². The van der Waals surface area contributed by atoms with Crippen LogP contribution in [-0.2, 0) is 0 Å². The molecule has 0 aliphatic heterocycles. The number of aliphatic imine (C=N–C) groups is 1. The van der Waals surface area contributed by atoms with Gasteiger partial charge < -0.3 is 4.90 Å². The van der Waals surface area contributed by atoms with E-state index in [1.807, 2.05) is 78.9 Å². The molecule has 1 atom stereocenters. The first-order valence-corrected chi connectivity index (χ1v) is 19.3. The van der Waals surface area contributed by atoms with E-state index in [4.69, 9.17) is 70.0 Å². The molecule has 3 aromatic rings. The highest BCUT2D eigenvalue weighted by atomic mass is 35.7. The molecule has 0 fully saturated rings. The predicted molar refractivity (Wildman–Crippen MR) is 201 cm³/mol. The van der Waals surface area contributed by atoms with Crippen LogP contribution in [0.2, 0.25) is 0 Å². The SMILES string of the molecule is Fc1ccc(C(=CC=CC=CC(=C2C=CC(=NC(CCl)CCCl)C=C2)c2ccc(F)cc2)c2ccc(N(CCCl)CCCl)cc2)cc1.[O-][Cl+3]([O-])([O-])[O-]. The zero-order valence-electron chi connectivity index (χ0n) is 27.8. The van der Waals surface area contributed by atoms with Gasteiger partial charge in [0.2, 0.25) is 0 Å². The van der Waals surface area contributed by atoms with Crippen molar-refractivity contribution in [2.75, 3.05) is 41.5 Å². The van der Waals surface area contributed by atoms with Gasteiger partial charge in [0, 0.05) is 42.3 Å². The summed E-state index contributed by atoms with van der Waals surface area (Å²) in [4.78, 5) is 6.84. The lowest BCUT2D eigenvalue weighted by molar-refractivity contribution is -2.00. The maximum atomic E-state index is 13.8. The Morgan fingerprint density at radius 3 is 1.65 bits per heavy atom. The quantitative estimate of drug-likeness (QED) is 0.133. The number of halogens is 7. The van der Waals surface area contributed by atoms with Crippen molar-refractivity contribution in [3.8, 4) is 0 Å². The van der Waals surface area contributed by atoms with Gasteiger partial charge in [-0.1, -0.05) is 78.9 Å². The average molecular weight is 812 g/mol. The molecule has 0 N–H and O–H groups in total. The number of nitrogens with zero attached hydrogens (tertiary/aromatic N) is 2. The second-order valence-electron chi connectivity index (χ2n) is 11.0. The fraction of sp³-hybridized carbons (Fsp3) is 0.205. The largest absolute Gasteiger partial charge is 0.369 e. The Hall–Kier alpha value is -3.28. The smallest absolute Gasteiger partial charge is 0.123 e. The van der Waals surface area contributed by atoms with Gasteiger partial charge in [-0.3, -0.25) is 4.99 Å². The molecule has 0 heterocycles. The third-order valence-corrected chi connectivity index (χ3v) is 8.35. The van der Waals surface area contributed by atoms with Crippen LogP contribution in [-0.4, -0.2) is 48.4 Å². The van der Waals surface area contributed by atoms with Crippen molar-refractivity contribution in [3.63, 3.8) is 0 Å². The maximum absolute atomic E-state index is 13.8. The van der Waals surface area contributed by atoms with Crippen LogP contribution in [0.3, 0.4) is 0 Å². The molecule has 4 rings (SSSR count). The molecular formula is C39H36Cl5F2N2O4-. The van der Waals surface area contributed by atoms with Crippen LogP contribution in [0.15, 0.2) is 138 Å². The molecule has 13 heteroatoms. The van der Waals surface area contributed by atoms with Gasteiger partial charge in [-0.05, 0) is 88.4 Å². The van der Waals surface area contributed by atoms with Gasteiger partial charge in [0.1, 0.15) is 11.6 Å². The Kier molecular flexibility index (Phi) is 18.8. The lowest BCUT2D eigenvalue weighted by Crippen LogP contribution is -2.68. The Labute approximate surface area is 325 Å².